The largest absolute Gasteiger partial charge is 0.496 e. The summed E-state index contributed by atoms with van der Waals surface area (Å²) in [4.78, 5) is 18.4. The molecule has 7 nitrogen and oxygen atoms in total. The smallest absolute Gasteiger partial charge is 0.209 e. The highest BCUT2D eigenvalue weighted by atomic mass is 16.5. The second-order valence-corrected chi connectivity index (χ2v) is 9.10. The number of allylic oxidation sites excluding steroid dienone is 2. The monoisotopic (exact) mass is 433 g/mol. The van der Waals surface area contributed by atoms with Crippen LogP contribution in [0.15, 0.2) is 47.7 Å². The molecule has 1 aromatic heterocycles. The van der Waals surface area contributed by atoms with Gasteiger partial charge in [0.1, 0.15) is 5.75 Å². The van der Waals surface area contributed by atoms with Crippen LogP contribution in [0.3, 0.4) is 0 Å². The summed E-state index contributed by atoms with van der Waals surface area (Å²) in [7, 11) is 4.82. The number of Topliss-reactive ketones (excluding diaryl/α,β-unsaturated/α-hetero) is 1. The Morgan fingerprint density at radius 2 is 1.69 bits per heavy atom. The number of imidazole rings is 1. The third kappa shape index (κ3) is 3.03. The Morgan fingerprint density at radius 1 is 1.00 bits per heavy atom. The lowest BCUT2D eigenvalue weighted by molar-refractivity contribution is -0.118. The van der Waals surface area contributed by atoms with E-state index in [1.807, 2.05) is 36.4 Å². The maximum atomic E-state index is 13.5. The Hall–Kier alpha value is -3.48. The number of hydrogen-bond acceptors (Lipinski definition) is 6. The zero-order chi connectivity index (χ0) is 22.6. The topological polar surface area (TPSA) is 74.6 Å². The second kappa shape index (κ2) is 7.29. The van der Waals surface area contributed by atoms with Gasteiger partial charge in [-0.1, -0.05) is 26.0 Å². The van der Waals surface area contributed by atoms with E-state index >= 15 is 0 Å². The summed E-state index contributed by atoms with van der Waals surface area (Å²) in [5, 5.41) is 3.48. The van der Waals surface area contributed by atoms with Gasteiger partial charge < -0.3 is 19.5 Å². The van der Waals surface area contributed by atoms with Gasteiger partial charge in [-0.25, -0.2) is 4.98 Å². The molecule has 0 saturated heterocycles. The van der Waals surface area contributed by atoms with Gasteiger partial charge in [0.15, 0.2) is 17.3 Å². The molecule has 0 saturated carbocycles. The summed E-state index contributed by atoms with van der Waals surface area (Å²) in [6.07, 6.45) is 1.25. The minimum absolute atomic E-state index is 0.122. The number of methoxy groups -OCH3 is 3. The first-order valence-corrected chi connectivity index (χ1v) is 10.7. The Labute approximate surface area is 187 Å². The molecule has 166 valence electrons. The third-order valence-electron chi connectivity index (χ3n) is 6.34. The van der Waals surface area contributed by atoms with E-state index < -0.39 is 6.04 Å². The molecule has 7 heteroatoms. The Morgan fingerprint density at radius 3 is 2.41 bits per heavy atom. The first kappa shape index (κ1) is 20.4. The van der Waals surface area contributed by atoms with Gasteiger partial charge in [-0.05, 0) is 30.0 Å². The van der Waals surface area contributed by atoms with Crippen molar-refractivity contribution in [2.45, 2.75) is 32.7 Å². The van der Waals surface area contributed by atoms with Crippen LogP contribution in [0.1, 0.15) is 38.3 Å². The van der Waals surface area contributed by atoms with E-state index in [-0.39, 0.29) is 11.2 Å². The fourth-order valence-electron chi connectivity index (χ4n) is 4.98. The summed E-state index contributed by atoms with van der Waals surface area (Å²) >= 11 is 0. The average molecular weight is 434 g/mol. The highest BCUT2D eigenvalue weighted by Crippen LogP contribution is 2.50. The van der Waals surface area contributed by atoms with Crippen molar-refractivity contribution >= 4 is 22.8 Å². The number of carbonyl (C=O) groups excluding carboxylic acids is 1. The molecular formula is C25H27N3O4. The number of aromatic nitrogens is 2. The normalized spacial score (nSPS) is 19.3. The van der Waals surface area contributed by atoms with Gasteiger partial charge in [-0.15, -0.1) is 0 Å². The van der Waals surface area contributed by atoms with Crippen molar-refractivity contribution in [2.24, 2.45) is 5.41 Å². The number of fused-ring (bicyclic) bond motifs is 3. The van der Waals surface area contributed by atoms with E-state index in [1.54, 1.807) is 21.3 Å². The first-order chi connectivity index (χ1) is 15.4. The molecule has 1 aliphatic heterocycles. The van der Waals surface area contributed by atoms with Crippen molar-refractivity contribution in [2.75, 3.05) is 26.6 Å². The summed E-state index contributed by atoms with van der Waals surface area (Å²) < 4.78 is 19.0. The molecule has 5 rings (SSSR count). The van der Waals surface area contributed by atoms with Crippen LogP contribution in [0.4, 0.5) is 5.95 Å². The average Bonchev–Trinajstić information content (AvgIpc) is 3.13. The summed E-state index contributed by atoms with van der Waals surface area (Å²) in [6.45, 7) is 4.25. The Balaban J connectivity index is 1.83. The molecule has 0 fully saturated rings. The molecule has 0 radical (unpaired) electrons. The number of nitrogens with zero attached hydrogens (tertiary/aromatic N) is 2. The van der Waals surface area contributed by atoms with Crippen molar-refractivity contribution in [3.63, 3.8) is 0 Å². The standard InChI is InChI=1S/C25H27N3O4/c1-25(2)12-16-22(18(29)13-25)23(14-10-20(31-4)21(32-5)11-19(14)30-3)28-17-9-7-6-8-15(17)26-24(28)27-16/h6-11,23H,12-13H2,1-5H3,(H,26,27). The molecule has 1 N–H and O–H groups in total. The molecule has 2 heterocycles. The van der Waals surface area contributed by atoms with E-state index in [0.29, 0.717) is 23.7 Å². The molecule has 32 heavy (non-hydrogen) atoms. The van der Waals surface area contributed by atoms with E-state index in [1.165, 1.54) is 0 Å². The van der Waals surface area contributed by atoms with E-state index in [4.69, 9.17) is 19.2 Å². The molecule has 2 aliphatic rings. The first-order valence-electron chi connectivity index (χ1n) is 10.7. The van der Waals surface area contributed by atoms with Gasteiger partial charge >= 0.3 is 0 Å². The maximum Gasteiger partial charge on any atom is 0.209 e. The molecule has 1 atom stereocenters. The van der Waals surface area contributed by atoms with Crippen molar-refractivity contribution in [3.05, 3.63) is 53.2 Å². The predicted octanol–water partition coefficient (Wildman–Crippen LogP) is 4.72. The molecule has 3 aromatic rings. The summed E-state index contributed by atoms with van der Waals surface area (Å²) in [5.74, 6) is 2.63. The van der Waals surface area contributed by atoms with Gasteiger partial charge in [0.05, 0.1) is 38.4 Å². The molecule has 1 unspecified atom stereocenters. The Kier molecular flexibility index (Phi) is 4.65. The van der Waals surface area contributed by atoms with Crippen molar-refractivity contribution < 1.29 is 19.0 Å². The van der Waals surface area contributed by atoms with Crippen LogP contribution in [-0.4, -0.2) is 36.7 Å². The van der Waals surface area contributed by atoms with Gasteiger partial charge in [0.25, 0.3) is 0 Å². The maximum absolute atomic E-state index is 13.5. The van der Waals surface area contributed by atoms with E-state index in [9.17, 15) is 4.79 Å². The van der Waals surface area contributed by atoms with Gasteiger partial charge in [-0.2, -0.15) is 0 Å². The lowest BCUT2D eigenvalue weighted by atomic mass is 9.73. The van der Waals surface area contributed by atoms with Crippen LogP contribution in [0.25, 0.3) is 11.0 Å². The minimum Gasteiger partial charge on any atom is -0.496 e. The molecule has 0 spiro atoms. The van der Waals surface area contributed by atoms with Gasteiger partial charge in [0, 0.05) is 29.3 Å². The molecule has 0 amide bonds. The molecule has 1 aliphatic carbocycles. The van der Waals surface area contributed by atoms with Crippen LogP contribution in [0, 0.1) is 5.41 Å². The summed E-state index contributed by atoms with van der Waals surface area (Å²) in [6, 6.07) is 11.3. The highest BCUT2D eigenvalue weighted by Gasteiger charge is 2.42. The van der Waals surface area contributed by atoms with Gasteiger partial charge in [0.2, 0.25) is 5.95 Å². The second-order valence-electron chi connectivity index (χ2n) is 9.10. The Bertz CT molecular complexity index is 1270. The highest BCUT2D eigenvalue weighted by molar-refractivity contribution is 6.01. The fraction of sp³-hybridized carbons (Fsp3) is 0.360. The number of carbonyl (C=O) groups is 1. The van der Waals surface area contributed by atoms with Crippen LogP contribution in [0.5, 0.6) is 17.2 Å². The van der Waals surface area contributed by atoms with Gasteiger partial charge in [-0.3, -0.25) is 9.36 Å². The number of anilines is 1. The number of hydrogen-bond donors (Lipinski definition) is 1. The fourth-order valence-corrected chi connectivity index (χ4v) is 4.98. The van der Waals surface area contributed by atoms with Crippen molar-refractivity contribution in [1.29, 1.82) is 0 Å². The van der Waals surface area contributed by atoms with Crippen LogP contribution < -0.4 is 19.5 Å². The number of nitrogens with one attached hydrogen (secondary N) is 1. The predicted molar refractivity (Wildman–Crippen MR) is 123 cm³/mol. The number of ether oxygens (including phenoxy) is 3. The number of benzene rings is 2. The van der Waals surface area contributed by atoms with Crippen LogP contribution >= 0.6 is 0 Å². The number of ketones is 1. The molecular weight excluding hydrogens is 406 g/mol. The third-order valence-corrected chi connectivity index (χ3v) is 6.34. The zero-order valence-corrected chi connectivity index (χ0v) is 19.0. The molecule has 2 aromatic carbocycles. The lowest BCUT2D eigenvalue weighted by Crippen LogP contribution is -2.36. The van der Waals surface area contributed by atoms with E-state index in [0.717, 1.165) is 40.2 Å². The lowest BCUT2D eigenvalue weighted by Gasteiger charge is -2.39. The zero-order valence-electron chi connectivity index (χ0n) is 19.0. The number of rotatable bonds is 4. The van der Waals surface area contributed by atoms with Crippen molar-refractivity contribution in [3.8, 4) is 17.2 Å². The van der Waals surface area contributed by atoms with Crippen LogP contribution in [-0.2, 0) is 4.79 Å². The summed E-state index contributed by atoms with van der Waals surface area (Å²) in [5.41, 5.74) is 4.20. The minimum atomic E-state index is -0.396. The van der Waals surface area contributed by atoms with Crippen molar-refractivity contribution in [1.82, 2.24) is 9.55 Å². The quantitative estimate of drug-likeness (QED) is 0.642. The number of para-hydroxylation sites is 2. The van der Waals surface area contributed by atoms with Crippen LogP contribution in [0.2, 0.25) is 0 Å². The SMILES string of the molecule is COc1cc(OC)c(C2C3=C(CC(C)(C)CC3=O)Nc3nc4ccccc4n32)cc1OC. The van der Waals surface area contributed by atoms with E-state index in [2.05, 4.69) is 23.7 Å². The molecule has 0 bridgehead atoms.